The summed E-state index contributed by atoms with van der Waals surface area (Å²) < 4.78 is 0. The Morgan fingerprint density at radius 3 is 2.73 bits per heavy atom. The van der Waals surface area contributed by atoms with Crippen LogP contribution in [0.25, 0.3) is 0 Å². The lowest BCUT2D eigenvalue weighted by atomic mass is 10.2. The molecule has 0 aliphatic rings. The standard InChI is InChI=1S/C8H13NOS/c1-3-4-5-8(6-9)11-7(2)10/h8H,3-5H2,1-2H3. The highest BCUT2D eigenvalue weighted by molar-refractivity contribution is 8.14. The second-order valence-corrected chi connectivity index (χ2v) is 3.75. The van der Waals surface area contributed by atoms with E-state index in [0.717, 1.165) is 31.0 Å². The summed E-state index contributed by atoms with van der Waals surface area (Å²) >= 11 is 1.14. The Labute approximate surface area is 72.0 Å². The highest BCUT2D eigenvalue weighted by Gasteiger charge is 2.09. The predicted molar refractivity (Wildman–Crippen MR) is 47.2 cm³/mol. The van der Waals surface area contributed by atoms with E-state index in [1.54, 1.807) is 0 Å². The van der Waals surface area contributed by atoms with Gasteiger partial charge in [0.1, 0.15) is 0 Å². The molecule has 1 unspecified atom stereocenters. The molecule has 0 bridgehead atoms. The Hall–Kier alpha value is -0.490. The van der Waals surface area contributed by atoms with Gasteiger partial charge in [-0.2, -0.15) is 5.26 Å². The third-order valence-electron chi connectivity index (χ3n) is 1.27. The smallest absolute Gasteiger partial charge is 0.187 e. The van der Waals surface area contributed by atoms with Gasteiger partial charge in [-0.25, -0.2) is 0 Å². The van der Waals surface area contributed by atoms with Gasteiger partial charge < -0.3 is 0 Å². The van der Waals surface area contributed by atoms with Crippen molar-refractivity contribution in [3.8, 4) is 6.07 Å². The fourth-order valence-corrected chi connectivity index (χ4v) is 1.48. The molecule has 0 fully saturated rings. The van der Waals surface area contributed by atoms with Gasteiger partial charge in [0, 0.05) is 6.92 Å². The second kappa shape index (κ2) is 6.23. The molecule has 2 nitrogen and oxygen atoms in total. The van der Waals surface area contributed by atoms with Gasteiger partial charge in [-0.1, -0.05) is 31.5 Å². The van der Waals surface area contributed by atoms with Crippen LogP contribution in [0, 0.1) is 11.3 Å². The summed E-state index contributed by atoms with van der Waals surface area (Å²) in [7, 11) is 0. The van der Waals surface area contributed by atoms with E-state index in [9.17, 15) is 4.79 Å². The van der Waals surface area contributed by atoms with Crippen molar-refractivity contribution >= 4 is 16.9 Å². The number of nitriles is 1. The summed E-state index contributed by atoms with van der Waals surface area (Å²) in [6.45, 7) is 3.58. The second-order valence-electron chi connectivity index (χ2n) is 2.37. The van der Waals surface area contributed by atoms with Crippen molar-refractivity contribution in [2.75, 3.05) is 0 Å². The fraction of sp³-hybridized carbons (Fsp3) is 0.750. The van der Waals surface area contributed by atoms with Crippen molar-refractivity contribution in [1.29, 1.82) is 5.26 Å². The van der Waals surface area contributed by atoms with Gasteiger partial charge in [0.05, 0.1) is 11.3 Å². The number of hydrogen-bond donors (Lipinski definition) is 0. The van der Waals surface area contributed by atoms with E-state index in [-0.39, 0.29) is 10.4 Å². The molecular formula is C8H13NOS. The van der Waals surface area contributed by atoms with Gasteiger partial charge in [-0.05, 0) is 6.42 Å². The van der Waals surface area contributed by atoms with Gasteiger partial charge in [0.25, 0.3) is 0 Å². The zero-order valence-electron chi connectivity index (χ0n) is 6.96. The number of carbonyl (C=O) groups excluding carboxylic acids is 1. The summed E-state index contributed by atoms with van der Waals surface area (Å²) in [6.07, 6.45) is 2.94. The minimum Gasteiger partial charge on any atom is -0.288 e. The molecule has 0 aromatic carbocycles. The maximum Gasteiger partial charge on any atom is 0.187 e. The van der Waals surface area contributed by atoms with Crippen LogP contribution in [0.5, 0.6) is 0 Å². The number of rotatable bonds is 4. The molecule has 0 N–H and O–H groups in total. The van der Waals surface area contributed by atoms with E-state index in [4.69, 9.17) is 5.26 Å². The molecule has 0 saturated carbocycles. The maximum absolute atomic E-state index is 10.6. The summed E-state index contributed by atoms with van der Waals surface area (Å²) in [5.41, 5.74) is 0. The van der Waals surface area contributed by atoms with Crippen LogP contribution in [0.15, 0.2) is 0 Å². The Morgan fingerprint density at radius 2 is 2.36 bits per heavy atom. The van der Waals surface area contributed by atoms with Crippen molar-refractivity contribution in [1.82, 2.24) is 0 Å². The first kappa shape index (κ1) is 10.5. The normalized spacial score (nSPS) is 12.1. The van der Waals surface area contributed by atoms with Crippen LogP contribution in [-0.2, 0) is 4.79 Å². The lowest BCUT2D eigenvalue weighted by molar-refractivity contribution is -0.109. The van der Waals surface area contributed by atoms with Crippen LogP contribution in [0.3, 0.4) is 0 Å². The molecule has 0 aromatic rings. The quantitative estimate of drug-likeness (QED) is 0.652. The third-order valence-corrected chi connectivity index (χ3v) is 2.23. The van der Waals surface area contributed by atoms with E-state index in [1.807, 2.05) is 0 Å². The Morgan fingerprint density at radius 1 is 1.73 bits per heavy atom. The molecule has 0 aromatic heterocycles. The van der Waals surface area contributed by atoms with Gasteiger partial charge in [0.15, 0.2) is 5.12 Å². The zero-order chi connectivity index (χ0) is 8.69. The van der Waals surface area contributed by atoms with E-state index in [0.29, 0.717) is 0 Å². The highest BCUT2D eigenvalue weighted by atomic mass is 32.2. The van der Waals surface area contributed by atoms with E-state index in [2.05, 4.69) is 13.0 Å². The number of nitrogens with zero attached hydrogens (tertiary/aromatic N) is 1. The van der Waals surface area contributed by atoms with Gasteiger partial charge >= 0.3 is 0 Å². The molecule has 0 rings (SSSR count). The van der Waals surface area contributed by atoms with Crippen LogP contribution < -0.4 is 0 Å². The first-order chi connectivity index (χ1) is 5.20. The molecule has 0 heterocycles. The van der Waals surface area contributed by atoms with Crippen molar-refractivity contribution < 1.29 is 4.79 Å². The van der Waals surface area contributed by atoms with Crippen LogP contribution in [0.2, 0.25) is 0 Å². The Balaban J connectivity index is 3.60. The first-order valence-electron chi connectivity index (χ1n) is 3.77. The Bertz CT molecular complexity index is 162. The van der Waals surface area contributed by atoms with Gasteiger partial charge in [-0.15, -0.1) is 0 Å². The first-order valence-corrected chi connectivity index (χ1v) is 4.65. The summed E-state index contributed by atoms with van der Waals surface area (Å²) in [5.74, 6) is 0. The van der Waals surface area contributed by atoms with Crippen LogP contribution >= 0.6 is 11.8 Å². The topological polar surface area (TPSA) is 40.9 Å². The maximum atomic E-state index is 10.6. The van der Waals surface area contributed by atoms with Crippen LogP contribution in [0.1, 0.15) is 33.1 Å². The predicted octanol–water partition coefficient (Wildman–Crippen LogP) is 2.35. The monoisotopic (exact) mass is 171 g/mol. The molecule has 1 atom stereocenters. The molecular weight excluding hydrogens is 158 g/mol. The summed E-state index contributed by atoms with van der Waals surface area (Å²) in [4.78, 5) is 10.6. The van der Waals surface area contributed by atoms with Gasteiger partial charge in [0.2, 0.25) is 0 Å². The number of unbranched alkanes of at least 4 members (excludes halogenated alkanes) is 1. The molecule has 0 saturated heterocycles. The number of hydrogen-bond acceptors (Lipinski definition) is 3. The largest absolute Gasteiger partial charge is 0.288 e. The van der Waals surface area contributed by atoms with Crippen molar-refractivity contribution in [3.63, 3.8) is 0 Å². The molecule has 0 aliphatic heterocycles. The van der Waals surface area contributed by atoms with E-state index in [1.165, 1.54) is 6.92 Å². The molecule has 0 radical (unpaired) electrons. The molecule has 62 valence electrons. The molecule has 0 spiro atoms. The average molecular weight is 171 g/mol. The Kier molecular flexibility index (Phi) is 5.96. The SMILES string of the molecule is CCCCC(C#N)SC(C)=O. The third kappa shape index (κ3) is 5.93. The van der Waals surface area contributed by atoms with Crippen LogP contribution in [-0.4, -0.2) is 10.4 Å². The zero-order valence-corrected chi connectivity index (χ0v) is 7.78. The van der Waals surface area contributed by atoms with E-state index >= 15 is 0 Å². The average Bonchev–Trinajstić information content (AvgIpc) is 1.97. The van der Waals surface area contributed by atoms with Crippen LogP contribution in [0.4, 0.5) is 0 Å². The van der Waals surface area contributed by atoms with Crippen molar-refractivity contribution in [3.05, 3.63) is 0 Å². The summed E-state index contributed by atoms with van der Waals surface area (Å²) in [5, 5.41) is 8.48. The number of carbonyl (C=O) groups is 1. The van der Waals surface area contributed by atoms with Crippen molar-refractivity contribution in [2.45, 2.75) is 38.4 Å². The molecule has 11 heavy (non-hydrogen) atoms. The molecule has 0 amide bonds. The molecule has 3 heteroatoms. The minimum absolute atomic E-state index is 0.0349. The van der Waals surface area contributed by atoms with Gasteiger partial charge in [-0.3, -0.25) is 4.79 Å². The highest BCUT2D eigenvalue weighted by Crippen LogP contribution is 2.16. The summed E-state index contributed by atoms with van der Waals surface area (Å²) in [6, 6.07) is 2.11. The fourth-order valence-electron chi connectivity index (χ4n) is 0.740. The van der Waals surface area contributed by atoms with E-state index < -0.39 is 0 Å². The lowest BCUT2D eigenvalue weighted by Gasteiger charge is -2.03. The lowest BCUT2D eigenvalue weighted by Crippen LogP contribution is -2.01. The number of thioether (sulfide) groups is 1. The minimum atomic E-state index is -0.132. The van der Waals surface area contributed by atoms with Crippen molar-refractivity contribution in [2.24, 2.45) is 0 Å². The molecule has 0 aliphatic carbocycles.